The van der Waals surface area contributed by atoms with Gasteiger partial charge in [0, 0.05) is 24.3 Å². The fourth-order valence-electron chi connectivity index (χ4n) is 2.18. The highest BCUT2D eigenvalue weighted by atomic mass is 32.2. The molecule has 0 bridgehead atoms. The Balaban J connectivity index is 2.89. The molecule has 0 aliphatic carbocycles. The minimum Gasteiger partial charge on any atom is -0.467 e. The van der Waals surface area contributed by atoms with Crippen molar-refractivity contribution in [2.75, 3.05) is 30.9 Å². The van der Waals surface area contributed by atoms with Gasteiger partial charge in [-0.15, -0.1) is 0 Å². The summed E-state index contributed by atoms with van der Waals surface area (Å²) >= 11 is 0. The predicted octanol–water partition coefficient (Wildman–Crippen LogP) is 0.692. The van der Waals surface area contributed by atoms with Gasteiger partial charge in [0.15, 0.2) is 0 Å². The Labute approximate surface area is 141 Å². The molecule has 0 spiro atoms. The molecule has 1 aromatic rings. The van der Waals surface area contributed by atoms with Gasteiger partial charge in [-0.25, -0.2) is 4.79 Å². The summed E-state index contributed by atoms with van der Waals surface area (Å²) in [5, 5.41) is 2.25. The number of nitrogens with one attached hydrogen (secondary N) is 1. The molecule has 9 heteroatoms. The lowest BCUT2D eigenvalue weighted by atomic mass is 10.1. The normalized spacial score (nSPS) is 12.3. The molecular formula is C15H22N2O6S. The zero-order valence-electron chi connectivity index (χ0n) is 13.9. The van der Waals surface area contributed by atoms with E-state index in [4.69, 9.17) is 4.55 Å². The van der Waals surface area contributed by atoms with E-state index in [2.05, 4.69) is 15.0 Å². The predicted molar refractivity (Wildman–Crippen MR) is 89.7 cm³/mol. The number of carbonyl (C=O) groups is 2. The molecule has 8 nitrogen and oxygen atoms in total. The van der Waals surface area contributed by atoms with Crippen LogP contribution in [0.25, 0.3) is 0 Å². The van der Waals surface area contributed by atoms with Crippen LogP contribution in [-0.4, -0.2) is 56.8 Å². The third-order valence-electron chi connectivity index (χ3n) is 3.43. The fraction of sp³-hybridized carbons (Fsp3) is 0.467. The lowest BCUT2D eigenvalue weighted by molar-refractivity contribution is -0.142. The van der Waals surface area contributed by atoms with Gasteiger partial charge in [0.25, 0.3) is 16.0 Å². The van der Waals surface area contributed by atoms with E-state index in [-0.39, 0.29) is 5.56 Å². The van der Waals surface area contributed by atoms with Crippen LogP contribution in [0.15, 0.2) is 24.3 Å². The van der Waals surface area contributed by atoms with Crippen molar-refractivity contribution in [3.63, 3.8) is 0 Å². The number of rotatable bonds is 8. The Morgan fingerprint density at radius 2 is 1.75 bits per heavy atom. The summed E-state index contributed by atoms with van der Waals surface area (Å²) in [6.07, 6.45) is 0. The van der Waals surface area contributed by atoms with Crippen molar-refractivity contribution in [2.45, 2.75) is 19.9 Å². The zero-order chi connectivity index (χ0) is 18.3. The van der Waals surface area contributed by atoms with Crippen molar-refractivity contribution in [1.82, 2.24) is 5.32 Å². The van der Waals surface area contributed by atoms with Crippen molar-refractivity contribution in [1.29, 1.82) is 0 Å². The van der Waals surface area contributed by atoms with Crippen molar-refractivity contribution in [3.05, 3.63) is 29.8 Å². The number of nitrogens with zero attached hydrogens (tertiary/aromatic N) is 1. The Kier molecular flexibility index (Phi) is 7.18. The minimum absolute atomic E-state index is 0.259. The van der Waals surface area contributed by atoms with Gasteiger partial charge in [-0.1, -0.05) is 0 Å². The first-order chi connectivity index (χ1) is 11.2. The first-order valence-electron chi connectivity index (χ1n) is 7.40. The second-order valence-corrected chi connectivity index (χ2v) is 6.51. The number of hydrogen-bond acceptors (Lipinski definition) is 6. The molecular weight excluding hydrogens is 336 g/mol. The first-order valence-corrected chi connectivity index (χ1v) is 9.01. The van der Waals surface area contributed by atoms with Crippen LogP contribution in [0.2, 0.25) is 0 Å². The molecule has 1 aromatic carbocycles. The number of carbonyl (C=O) groups excluding carboxylic acids is 2. The molecule has 134 valence electrons. The molecule has 24 heavy (non-hydrogen) atoms. The number of hydrogen-bond donors (Lipinski definition) is 2. The van der Waals surface area contributed by atoms with E-state index in [1.54, 1.807) is 24.3 Å². The number of ether oxygens (including phenoxy) is 1. The summed E-state index contributed by atoms with van der Waals surface area (Å²) in [5.41, 5.74) is 1.20. The lowest BCUT2D eigenvalue weighted by Crippen LogP contribution is -2.45. The summed E-state index contributed by atoms with van der Waals surface area (Å²) in [6, 6.07) is 5.19. The van der Waals surface area contributed by atoms with Crippen molar-refractivity contribution in [3.8, 4) is 0 Å². The van der Waals surface area contributed by atoms with E-state index < -0.39 is 33.8 Å². The maximum atomic E-state index is 12.2. The molecule has 0 saturated heterocycles. The average molecular weight is 358 g/mol. The van der Waals surface area contributed by atoms with E-state index in [0.29, 0.717) is 0 Å². The molecule has 1 rings (SSSR count). The Morgan fingerprint density at radius 1 is 1.21 bits per heavy atom. The molecule has 0 radical (unpaired) electrons. The summed E-state index contributed by atoms with van der Waals surface area (Å²) < 4.78 is 35.2. The molecule has 1 unspecified atom stereocenters. The van der Waals surface area contributed by atoms with Crippen LogP contribution >= 0.6 is 0 Å². The van der Waals surface area contributed by atoms with E-state index in [0.717, 1.165) is 25.9 Å². The van der Waals surface area contributed by atoms with Crippen LogP contribution in [0.3, 0.4) is 0 Å². The third kappa shape index (κ3) is 5.82. The highest BCUT2D eigenvalue weighted by Crippen LogP contribution is 2.15. The maximum absolute atomic E-state index is 12.2. The number of anilines is 1. The fourth-order valence-corrected chi connectivity index (χ4v) is 2.82. The van der Waals surface area contributed by atoms with Crippen LogP contribution in [-0.2, 0) is 19.6 Å². The monoisotopic (exact) mass is 358 g/mol. The number of esters is 1. The quantitative estimate of drug-likeness (QED) is 0.519. The van der Waals surface area contributed by atoms with E-state index in [9.17, 15) is 18.0 Å². The molecule has 2 N–H and O–H groups in total. The Bertz CT molecular complexity index is 668. The number of methoxy groups -OCH3 is 1. The van der Waals surface area contributed by atoms with E-state index >= 15 is 0 Å². The molecule has 0 heterocycles. The van der Waals surface area contributed by atoms with E-state index in [1.807, 2.05) is 13.8 Å². The Morgan fingerprint density at radius 3 is 2.17 bits per heavy atom. The van der Waals surface area contributed by atoms with Gasteiger partial charge in [-0.2, -0.15) is 8.42 Å². The average Bonchev–Trinajstić information content (AvgIpc) is 2.54. The van der Waals surface area contributed by atoms with Crippen molar-refractivity contribution < 1.29 is 27.3 Å². The van der Waals surface area contributed by atoms with Gasteiger partial charge in [-0.3, -0.25) is 9.35 Å². The van der Waals surface area contributed by atoms with Crippen LogP contribution in [0.1, 0.15) is 24.2 Å². The third-order valence-corrected chi connectivity index (χ3v) is 4.18. The van der Waals surface area contributed by atoms with Gasteiger partial charge in [0.2, 0.25) is 0 Å². The number of benzene rings is 1. The number of amides is 1. The van der Waals surface area contributed by atoms with Crippen LogP contribution in [0, 0.1) is 0 Å². The van der Waals surface area contributed by atoms with Crippen LogP contribution in [0.4, 0.5) is 5.69 Å². The molecule has 0 aliphatic heterocycles. The summed E-state index contributed by atoms with van der Waals surface area (Å²) in [5.74, 6) is -2.55. The zero-order valence-corrected chi connectivity index (χ0v) is 14.7. The molecule has 0 saturated carbocycles. The highest BCUT2D eigenvalue weighted by Gasteiger charge is 2.27. The van der Waals surface area contributed by atoms with Crippen LogP contribution < -0.4 is 10.2 Å². The highest BCUT2D eigenvalue weighted by molar-refractivity contribution is 7.85. The first kappa shape index (κ1) is 19.9. The summed E-state index contributed by atoms with van der Waals surface area (Å²) in [7, 11) is -3.39. The molecule has 1 amide bonds. The van der Waals surface area contributed by atoms with Crippen molar-refractivity contribution in [2.24, 2.45) is 0 Å². The molecule has 0 aromatic heterocycles. The van der Waals surface area contributed by atoms with Gasteiger partial charge in [0.1, 0.15) is 11.8 Å². The van der Waals surface area contributed by atoms with E-state index in [1.165, 1.54) is 0 Å². The SMILES string of the molecule is CCN(CC)c1ccc(C(=O)NC(CS(=O)(=O)O)C(=O)OC)cc1. The summed E-state index contributed by atoms with van der Waals surface area (Å²) in [4.78, 5) is 25.8. The van der Waals surface area contributed by atoms with Gasteiger partial charge in [-0.05, 0) is 38.1 Å². The topological polar surface area (TPSA) is 113 Å². The molecule has 0 aliphatic rings. The second-order valence-electron chi connectivity index (χ2n) is 5.02. The molecule has 0 fully saturated rings. The Hall–Kier alpha value is -2.13. The standard InChI is InChI=1S/C15H22N2O6S/c1-4-17(5-2)12-8-6-11(7-9-12)14(18)16-13(15(19)23-3)10-24(20,21)22/h6-9,13H,4-5,10H2,1-3H3,(H,16,18)(H,20,21,22). The van der Waals surface area contributed by atoms with Gasteiger partial charge >= 0.3 is 5.97 Å². The largest absolute Gasteiger partial charge is 0.467 e. The smallest absolute Gasteiger partial charge is 0.329 e. The second kappa shape index (κ2) is 8.65. The van der Waals surface area contributed by atoms with Crippen LogP contribution in [0.5, 0.6) is 0 Å². The van der Waals surface area contributed by atoms with Gasteiger partial charge in [0.05, 0.1) is 7.11 Å². The molecule has 1 atom stereocenters. The van der Waals surface area contributed by atoms with Gasteiger partial charge < -0.3 is 15.0 Å². The lowest BCUT2D eigenvalue weighted by Gasteiger charge is -2.21. The minimum atomic E-state index is -4.45. The summed E-state index contributed by atoms with van der Waals surface area (Å²) in [6.45, 7) is 5.67. The maximum Gasteiger partial charge on any atom is 0.329 e. The van der Waals surface area contributed by atoms with Crippen molar-refractivity contribution >= 4 is 27.7 Å².